The van der Waals surface area contributed by atoms with Crippen LogP contribution in [0.4, 0.5) is 5.69 Å². The van der Waals surface area contributed by atoms with Gasteiger partial charge in [0.2, 0.25) is 5.91 Å². The Morgan fingerprint density at radius 2 is 1.59 bits per heavy atom. The predicted octanol–water partition coefficient (Wildman–Crippen LogP) is 5.33. The summed E-state index contributed by atoms with van der Waals surface area (Å²) in [4.78, 5) is 12.7. The summed E-state index contributed by atoms with van der Waals surface area (Å²) in [7, 11) is 0. The fraction of sp³-hybridized carbons (Fsp3) is 0.350. The van der Waals surface area contributed by atoms with E-state index >= 15 is 0 Å². The van der Waals surface area contributed by atoms with E-state index in [2.05, 4.69) is 32.2 Å². The lowest BCUT2D eigenvalue weighted by atomic mass is 9.94. The largest absolute Gasteiger partial charge is 0.325 e. The van der Waals surface area contributed by atoms with Crippen LogP contribution in [0.3, 0.4) is 0 Å². The minimum absolute atomic E-state index is 0.0736. The van der Waals surface area contributed by atoms with Gasteiger partial charge in [-0.15, -0.1) is 0 Å². The number of carbonyl (C=O) groups excluding carboxylic acids is 1. The first-order valence-electron chi connectivity index (χ1n) is 8.12. The molecule has 1 amide bonds. The van der Waals surface area contributed by atoms with Crippen LogP contribution in [0.1, 0.15) is 56.6 Å². The molecule has 0 bridgehead atoms. The molecule has 2 aromatic rings. The summed E-state index contributed by atoms with van der Waals surface area (Å²) in [5, 5.41) is 3.14. The molecular weight excluding hydrogens is 270 g/mol. The van der Waals surface area contributed by atoms with E-state index in [0.29, 0.717) is 5.92 Å². The highest BCUT2D eigenvalue weighted by molar-refractivity contribution is 5.96. The molecular formula is C20H25NO. The molecule has 0 aromatic heterocycles. The zero-order valence-electron chi connectivity index (χ0n) is 13.7. The molecule has 1 N–H and O–H groups in total. The van der Waals surface area contributed by atoms with Crippen LogP contribution in [-0.2, 0) is 4.79 Å². The van der Waals surface area contributed by atoms with Crippen LogP contribution in [0.15, 0.2) is 54.6 Å². The predicted molar refractivity (Wildman–Crippen MR) is 93.3 cm³/mol. The molecule has 2 aromatic carbocycles. The SMILES string of the molecule is CC[C@@H](C)c1ccccc1NC(=O)[C@@H](CC)c1ccccc1. The topological polar surface area (TPSA) is 29.1 Å². The van der Waals surface area contributed by atoms with Gasteiger partial charge in [0.05, 0.1) is 5.92 Å². The molecule has 22 heavy (non-hydrogen) atoms. The van der Waals surface area contributed by atoms with Gasteiger partial charge in [-0.25, -0.2) is 0 Å². The molecule has 0 heterocycles. The van der Waals surface area contributed by atoms with Crippen LogP contribution in [0, 0.1) is 0 Å². The maximum absolute atomic E-state index is 12.7. The van der Waals surface area contributed by atoms with Crippen molar-refractivity contribution < 1.29 is 4.79 Å². The number of hydrogen-bond acceptors (Lipinski definition) is 1. The molecule has 0 radical (unpaired) electrons. The van der Waals surface area contributed by atoms with Crippen LogP contribution in [0.5, 0.6) is 0 Å². The summed E-state index contributed by atoms with van der Waals surface area (Å²) in [5.41, 5.74) is 3.22. The molecule has 2 atom stereocenters. The average molecular weight is 295 g/mol. The monoisotopic (exact) mass is 295 g/mol. The maximum Gasteiger partial charge on any atom is 0.231 e. The van der Waals surface area contributed by atoms with Crippen LogP contribution in [0.2, 0.25) is 0 Å². The van der Waals surface area contributed by atoms with Crippen LogP contribution < -0.4 is 5.32 Å². The number of carbonyl (C=O) groups is 1. The zero-order chi connectivity index (χ0) is 15.9. The van der Waals surface area contributed by atoms with E-state index in [-0.39, 0.29) is 11.8 Å². The summed E-state index contributed by atoms with van der Waals surface area (Å²) in [5.74, 6) is 0.406. The Labute approximate surface area is 133 Å². The second-order valence-electron chi connectivity index (χ2n) is 5.76. The Morgan fingerprint density at radius 3 is 2.23 bits per heavy atom. The van der Waals surface area contributed by atoms with Gasteiger partial charge in [0.15, 0.2) is 0 Å². The van der Waals surface area contributed by atoms with Crippen molar-refractivity contribution in [2.24, 2.45) is 0 Å². The first kappa shape index (κ1) is 16.3. The Morgan fingerprint density at radius 1 is 0.955 bits per heavy atom. The minimum atomic E-state index is -0.105. The highest BCUT2D eigenvalue weighted by Crippen LogP contribution is 2.28. The molecule has 0 saturated heterocycles. The lowest BCUT2D eigenvalue weighted by Crippen LogP contribution is -2.21. The number of hydrogen-bond donors (Lipinski definition) is 1. The van der Waals surface area contributed by atoms with Gasteiger partial charge >= 0.3 is 0 Å². The summed E-state index contributed by atoms with van der Waals surface area (Å²) in [6, 6.07) is 18.1. The van der Waals surface area contributed by atoms with E-state index in [0.717, 1.165) is 24.1 Å². The summed E-state index contributed by atoms with van der Waals surface area (Å²) in [6.07, 6.45) is 1.85. The average Bonchev–Trinajstić information content (AvgIpc) is 2.56. The molecule has 2 rings (SSSR count). The van der Waals surface area contributed by atoms with Gasteiger partial charge in [0.1, 0.15) is 0 Å². The lowest BCUT2D eigenvalue weighted by molar-refractivity contribution is -0.117. The van der Waals surface area contributed by atoms with Gasteiger partial charge in [0, 0.05) is 5.69 Å². The highest BCUT2D eigenvalue weighted by atomic mass is 16.1. The fourth-order valence-corrected chi connectivity index (χ4v) is 2.74. The third-order valence-corrected chi connectivity index (χ3v) is 4.29. The number of para-hydroxylation sites is 1. The lowest BCUT2D eigenvalue weighted by Gasteiger charge is -2.19. The Hall–Kier alpha value is -2.09. The molecule has 0 fully saturated rings. The molecule has 0 saturated carbocycles. The Kier molecular flexibility index (Phi) is 5.76. The van der Waals surface area contributed by atoms with Gasteiger partial charge in [-0.05, 0) is 36.0 Å². The fourth-order valence-electron chi connectivity index (χ4n) is 2.74. The quantitative estimate of drug-likeness (QED) is 0.766. The van der Waals surface area contributed by atoms with Gasteiger partial charge < -0.3 is 5.32 Å². The van der Waals surface area contributed by atoms with Gasteiger partial charge in [-0.3, -0.25) is 4.79 Å². The van der Waals surface area contributed by atoms with Crippen molar-refractivity contribution in [3.63, 3.8) is 0 Å². The standard InChI is InChI=1S/C20H25NO/c1-4-15(3)18-13-9-10-14-19(18)21-20(22)17(5-2)16-11-7-6-8-12-16/h6-15,17H,4-5H2,1-3H3,(H,21,22)/t15-,17+/m1/s1. The number of benzene rings is 2. The molecule has 0 aliphatic carbocycles. The van der Waals surface area contributed by atoms with Crippen molar-refractivity contribution in [2.75, 3.05) is 5.32 Å². The maximum atomic E-state index is 12.7. The molecule has 0 aliphatic rings. The molecule has 0 aliphatic heterocycles. The summed E-state index contributed by atoms with van der Waals surface area (Å²) < 4.78 is 0. The van der Waals surface area contributed by atoms with Gasteiger partial charge in [-0.1, -0.05) is 69.3 Å². The number of nitrogens with one attached hydrogen (secondary N) is 1. The smallest absolute Gasteiger partial charge is 0.231 e. The third-order valence-electron chi connectivity index (χ3n) is 4.29. The molecule has 0 unspecified atom stereocenters. The van der Waals surface area contributed by atoms with Crippen molar-refractivity contribution >= 4 is 11.6 Å². The van der Waals surface area contributed by atoms with Crippen molar-refractivity contribution in [3.8, 4) is 0 Å². The minimum Gasteiger partial charge on any atom is -0.325 e. The number of anilines is 1. The number of rotatable bonds is 6. The molecule has 2 heteroatoms. The normalized spacial score (nSPS) is 13.4. The van der Waals surface area contributed by atoms with E-state index in [1.807, 2.05) is 48.5 Å². The second kappa shape index (κ2) is 7.79. The Balaban J connectivity index is 2.21. The summed E-state index contributed by atoms with van der Waals surface area (Å²) >= 11 is 0. The zero-order valence-corrected chi connectivity index (χ0v) is 13.7. The second-order valence-corrected chi connectivity index (χ2v) is 5.76. The first-order valence-corrected chi connectivity index (χ1v) is 8.12. The third kappa shape index (κ3) is 3.76. The molecule has 116 valence electrons. The first-order chi connectivity index (χ1) is 10.7. The highest BCUT2D eigenvalue weighted by Gasteiger charge is 2.20. The van der Waals surface area contributed by atoms with Crippen molar-refractivity contribution in [3.05, 3.63) is 65.7 Å². The van der Waals surface area contributed by atoms with Gasteiger partial charge in [-0.2, -0.15) is 0 Å². The van der Waals surface area contributed by atoms with E-state index in [4.69, 9.17) is 0 Å². The van der Waals surface area contributed by atoms with Crippen molar-refractivity contribution in [1.29, 1.82) is 0 Å². The van der Waals surface area contributed by atoms with Gasteiger partial charge in [0.25, 0.3) is 0 Å². The van der Waals surface area contributed by atoms with E-state index in [1.165, 1.54) is 5.56 Å². The Bertz CT molecular complexity index is 606. The van der Waals surface area contributed by atoms with E-state index in [1.54, 1.807) is 0 Å². The van der Waals surface area contributed by atoms with Crippen molar-refractivity contribution in [1.82, 2.24) is 0 Å². The summed E-state index contributed by atoms with van der Waals surface area (Å²) in [6.45, 7) is 6.42. The van der Waals surface area contributed by atoms with Crippen LogP contribution >= 0.6 is 0 Å². The van der Waals surface area contributed by atoms with E-state index < -0.39 is 0 Å². The van der Waals surface area contributed by atoms with Crippen molar-refractivity contribution in [2.45, 2.75) is 45.4 Å². The van der Waals surface area contributed by atoms with E-state index in [9.17, 15) is 4.79 Å². The number of amides is 1. The molecule has 2 nitrogen and oxygen atoms in total. The van der Waals surface area contributed by atoms with Crippen LogP contribution in [0.25, 0.3) is 0 Å². The molecule has 0 spiro atoms. The van der Waals surface area contributed by atoms with Crippen LogP contribution in [-0.4, -0.2) is 5.91 Å².